The molecule has 1 atom stereocenters. The van der Waals surface area contributed by atoms with Gasteiger partial charge in [0.2, 0.25) is 0 Å². The minimum absolute atomic E-state index is 0.0631. The van der Waals surface area contributed by atoms with E-state index in [1.807, 2.05) is 12.3 Å². The number of halogens is 2. The number of aryl methyl sites for hydroxylation is 1. The van der Waals surface area contributed by atoms with E-state index < -0.39 is 0 Å². The van der Waals surface area contributed by atoms with E-state index in [0.717, 1.165) is 17.2 Å². The lowest BCUT2D eigenvalue weighted by Crippen LogP contribution is -2.39. The molecule has 21 heavy (non-hydrogen) atoms. The average Bonchev–Trinajstić information content (AvgIpc) is 2.90. The second kappa shape index (κ2) is 6.40. The van der Waals surface area contributed by atoms with Gasteiger partial charge in [0.1, 0.15) is 10.8 Å². The zero-order valence-electron chi connectivity index (χ0n) is 11.7. The molecule has 1 aromatic carbocycles. The van der Waals surface area contributed by atoms with Crippen molar-refractivity contribution in [3.05, 3.63) is 50.7 Å². The van der Waals surface area contributed by atoms with Gasteiger partial charge in [-0.05, 0) is 19.1 Å². The normalized spacial score (nSPS) is 19.9. The predicted octanol–water partition coefficient (Wildman–Crippen LogP) is 3.82. The van der Waals surface area contributed by atoms with Crippen molar-refractivity contribution in [3.8, 4) is 0 Å². The smallest absolute Gasteiger partial charge is 0.129 e. The van der Waals surface area contributed by atoms with Crippen LogP contribution in [-0.4, -0.2) is 29.6 Å². The van der Waals surface area contributed by atoms with Crippen molar-refractivity contribution in [2.75, 3.05) is 19.8 Å². The molecule has 112 valence electrons. The van der Waals surface area contributed by atoms with Crippen LogP contribution in [0.25, 0.3) is 0 Å². The van der Waals surface area contributed by atoms with Crippen molar-refractivity contribution < 1.29 is 9.13 Å². The van der Waals surface area contributed by atoms with E-state index in [9.17, 15) is 4.39 Å². The van der Waals surface area contributed by atoms with E-state index in [1.54, 1.807) is 23.5 Å². The van der Waals surface area contributed by atoms with Crippen LogP contribution in [-0.2, 0) is 11.3 Å². The van der Waals surface area contributed by atoms with Gasteiger partial charge in [-0.3, -0.25) is 4.90 Å². The minimum Gasteiger partial charge on any atom is -0.378 e. The Hall–Kier alpha value is -1.01. The Morgan fingerprint density at radius 3 is 3.10 bits per heavy atom. The molecule has 3 nitrogen and oxygen atoms in total. The Kier molecular flexibility index (Phi) is 4.54. The van der Waals surface area contributed by atoms with Gasteiger partial charge >= 0.3 is 0 Å². The molecule has 3 rings (SSSR count). The molecule has 1 aliphatic heterocycles. The number of rotatable bonds is 3. The summed E-state index contributed by atoms with van der Waals surface area (Å²) in [6, 6.07) is 4.86. The van der Waals surface area contributed by atoms with Gasteiger partial charge in [-0.15, -0.1) is 11.3 Å². The summed E-state index contributed by atoms with van der Waals surface area (Å²) in [6.45, 7) is 4.42. The summed E-state index contributed by atoms with van der Waals surface area (Å²) in [6.07, 6.45) is 0. The van der Waals surface area contributed by atoms with Crippen molar-refractivity contribution >= 4 is 22.9 Å². The lowest BCUT2D eigenvalue weighted by Gasteiger charge is -2.34. The number of hydrogen-bond donors (Lipinski definition) is 0. The number of nitrogens with zero attached hydrogens (tertiary/aromatic N) is 2. The lowest BCUT2D eigenvalue weighted by atomic mass is 10.1. The lowest BCUT2D eigenvalue weighted by molar-refractivity contribution is -0.0132. The van der Waals surface area contributed by atoms with Crippen LogP contribution in [0.1, 0.15) is 22.3 Å². The van der Waals surface area contributed by atoms with Crippen molar-refractivity contribution in [3.63, 3.8) is 0 Å². The van der Waals surface area contributed by atoms with Gasteiger partial charge in [-0.25, -0.2) is 9.37 Å². The highest BCUT2D eigenvalue weighted by Crippen LogP contribution is 2.30. The molecular formula is C15H16ClFN2OS. The molecule has 6 heteroatoms. The van der Waals surface area contributed by atoms with Gasteiger partial charge in [0.15, 0.2) is 0 Å². The SMILES string of the molecule is Cc1csc(C2COCCN2Cc2c(F)cccc2Cl)n1. The Morgan fingerprint density at radius 2 is 2.38 bits per heavy atom. The van der Waals surface area contributed by atoms with E-state index in [4.69, 9.17) is 16.3 Å². The average molecular weight is 327 g/mol. The molecule has 1 unspecified atom stereocenters. The summed E-state index contributed by atoms with van der Waals surface area (Å²) in [5.74, 6) is -0.261. The van der Waals surface area contributed by atoms with Crippen LogP contribution in [0.4, 0.5) is 4.39 Å². The molecule has 0 N–H and O–H groups in total. The molecule has 1 aliphatic rings. The highest BCUT2D eigenvalue weighted by atomic mass is 35.5. The molecule has 0 radical (unpaired) electrons. The summed E-state index contributed by atoms with van der Waals surface area (Å²) in [5, 5.41) is 3.51. The zero-order valence-corrected chi connectivity index (χ0v) is 13.3. The van der Waals surface area contributed by atoms with Crippen LogP contribution < -0.4 is 0 Å². The minimum atomic E-state index is -0.261. The largest absolute Gasteiger partial charge is 0.378 e. The number of thiazole rings is 1. The van der Waals surface area contributed by atoms with E-state index in [0.29, 0.717) is 30.3 Å². The monoisotopic (exact) mass is 326 g/mol. The van der Waals surface area contributed by atoms with Crippen molar-refractivity contribution in [1.82, 2.24) is 9.88 Å². The Balaban J connectivity index is 1.85. The Labute approximate surface area is 132 Å². The number of aromatic nitrogens is 1. The Morgan fingerprint density at radius 1 is 1.52 bits per heavy atom. The van der Waals surface area contributed by atoms with Gasteiger partial charge in [0.25, 0.3) is 0 Å². The fourth-order valence-corrected chi connectivity index (χ4v) is 3.60. The summed E-state index contributed by atoms with van der Waals surface area (Å²) >= 11 is 7.75. The van der Waals surface area contributed by atoms with Gasteiger partial charge in [0.05, 0.1) is 19.3 Å². The third-order valence-electron chi connectivity index (χ3n) is 3.58. The number of morpholine rings is 1. The van der Waals surface area contributed by atoms with E-state index >= 15 is 0 Å². The van der Waals surface area contributed by atoms with Crippen molar-refractivity contribution in [1.29, 1.82) is 0 Å². The molecule has 0 amide bonds. The fraction of sp³-hybridized carbons (Fsp3) is 0.400. The maximum absolute atomic E-state index is 14.0. The van der Waals surface area contributed by atoms with E-state index in [1.165, 1.54) is 6.07 Å². The molecule has 0 aliphatic carbocycles. The highest BCUT2D eigenvalue weighted by molar-refractivity contribution is 7.09. The van der Waals surface area contributed by atoms with Gasteiger partial charge in [0, 0.05) is 34.7 Å². The first-order chi connectivity index (χ1) is 10.1. The quantitative estimate of drug-likeness (QED) is 0.857. The molecule has 0 saturated carbocycles. The molecule has 0 bridgehead atoms. The molecule has 2 heterocycles. The fourth-order valence-electron chi connectivity index (χ4n) is 2.47. The third kappa shape index (κ3) is 3.26. The van der Waals surface area contributed by atoms with Gasteiger partial charge in [-0.1, -0.05) is 17.7 Å². The standard InChI is InChI=1S/C15H16ClFN2OS/c1-10-9-21-15(18-10)14-8-20-6-5-19(14)7-11-12(16)3-2-4-13(11)17/h2-4,9,14H,5-8H2,1H3. The van der Waals surface area contributed by atoms with Crippen LogP contribution in [0, 0.1) is 12.7 Å². The van der Waals surface area contributed by atoms with Crippen molar-refractivity contribution in [2.45, 2.75) is 19.5 Å². The first kappa shape index (κ1) is 14.9. The second-order valence-corrected chi connectivity index (χ2v) is 6.39. The summed E-state index contributed by atoms with van der Waals surface area (Å²) < 4.78 is 19.6. The molecule has 1 aromatic heterocycles. The summed E-state index contributed by atoms with van der Waals surface area (Å²) in [4.78, 5) is 6.73. The number of ether oxygens (including phenoxy) is 1. The molecule has 0 spiro atoms. The highest BCUT2D eigenvalue weighted by Gasteiger charge is 2.28. The van der Waals surface area contributed by atoms with Crippen LogP contribution in [0.15, 0.2) is 23.6 Å². The summed E-state index contributed by atoms with van der Waals surface area (Å²) in [5.41, 5.74) is 1.55. The van der Waals surface area contributed by atoms with Crippen LogP contribution in [0.5, 0.6) is 0 Å². The first-order valence-electron chi connectivity index (χ1n) is 6.82. The van der Waals surface area contributed by atoms with Crippen LogP contribution in [0.3, 0.4) is 0 Å². The number of benzene rings is 1. The van der Waals surface area contributed by atoms with Gasteiger partial charge < -0.3 is 4.74 Å². The maximum atomic E-state index is 14.0. The first-order valence-corrected chi connectivity index (χ1v) is 8.07. The predicted molar refractivity (Wildman–Crippen MR) is 82.2 cm³/mol. The molecule has 2 aromatic rings. The van der Waals surface area contributed by atoms with Crippen molar-refractivity contribution in [2.24, 2.45) is 0 Å². The van der Waals surface area contributed by atoms with E-state index in [-0.39, 0.29) is 11.9 Å². The maximum Gasteiger partial charge on any atom is 0.129 e. The van der Waals surface area contributed by atoms with Crippen LogP contribution >= 0.6 is 22.9 Å². The molecule has 1 fully saturated rings. The third-order valence-corrected chi connectivity index (χ3v) is 5.00. The topological polar surface area (TPSA) is 25.4 Å². The second-order valence-electron chi connectivity index (χ2n) is 5.09. The summed E-state index contributed by atoms with van der Waals surface area (Å²) in [7, 11) is 0. The van der Waals surface area contributed by atoms with Crippen LogP contribution in [0.2, 0.25) is 5.02 Å². The molecular weight excluding hydrogens is 311 g/mol. The molecule has 1 saturated heterocycles. The zero-order chi connectivity index (χ0) is 14.8. The van der Waals surface area contributed by atoms with E-state index in [2.05, 4.69) is 9.88 Å². The Bertz CT molecular complexity index is 614. The number of hydrogen-bond acceptors (Lipinski definition) is 4. The van der Waals surface area contributed by atoms with Gasteiger partial charge in [-0.2, -0.15) is 0 Å².